The molecule has 7 fully saturated rings. The average molecular weight is 1740 g/mol. The van der Waals surface area contributed by atoms with Crippen molar-refractivity contribution < 1.29 is 82.7 Å². The van der Waals surface area contributed by atoms with Crippen molar-refractivity contribution in [2.75, 3.05) is 66.1 Å². The monoisotopic (exact) mass is 1740 g/mol. The summed E-state index contributed by atoms with van der Waals surface area (Å²) in [6.45, 7) is 18.1. The van der Waals surface area contributed by atoms with E-state index in [-0.39, 0.29) is 58.6 Å². The van der Waals surface area contributed by atoms with Crippen LogP contribution in [0.3, 0.4) is 0 Å². The van der Waals surface area contributed by atoms with Crippen LogP contribution in [0.1, 0.15) is 330 Å². The number of carbonyl (C=O) groups excluding carboxylic acids is 3. The van der Waals surface area contributed by atoms with E-state index in [1.807, 2.05) is 6.08 Å². The Kier molecular flexibility index (Phi) is 51.5. The van der Waals surface area contributed by atoms with Crippen LogP contribution in [0.4, 0.5) is 35.1 Å². The third-order valence-corrected chi connectivity index (χ3v) is 27.3. The standard InChI is InChI=1S/C24H32F2O.C23H30F2O2.C22H28F2O2.C21H26F2O2.3C4H8O.4CH4/c1-3-5-6-17-7-9-18(10-8-17)19-11-13-20(14-12-19)21-15-16-22(27-4-2)24(26)23(21)25;1-2-27-21-14-13-20(22(24)23(21)25)19-11-9-18(10-12-19)17-7-5-16(6-8-17)4-3-15-26;1-2-26-20-12-11-19(21(23)22(20)24)18-9-7-17(8-10-18)16-5-3-15(4-6-16)13-14-25;1-2-25-19-12-11-18(20(22)21(19)23)17-9-7-16(8-10-17)15-5-3-14(13-24)4-6-15;3*1-2-4-5-3-1;;;;/h3,13,15-19H,1,4-12,14H2,2H3;11,13-18H,2-10,12H2,1H3;9,11-12,14-17H,2-8,10,13H2,1H3;9,11-16H,2-8,10H2,1H3;3*1-4H2;4*1H4. The molecule has 4 atom stereocenters. The van der Waals surface area contributed by atoms with Gasteiger partial charge >= 0.3 is 0 Å². The van der Waals surface area contributed by atoms with Crippen LogP contribution in [-0.2, 0) is 28.6 Å². The molecule has 3 aliphatic heterocycles. The number of halogens is 8. The Labute approximate surface area is 742 Å². The molecule has 10 nitrogen and oxygen atoms in total. The molecule has 4 aromatic carbocycles. The molecular formula is C106H156F8O10. The fourth-order valence-corrected chi connectivity index (χ4v) is 20.2. The molecule has 0 aromatic heterocycles. The summed E-state index contributed by atoms with van der Waals surface area (Å²) in [6, 6.07) is 12.7. The molecule has 4 saturated carbocycles. The summed E-state index contributed by atoms with van der Waals surface area (Å²) < 4.78 is 150. The molecular weight excluding hydrogens is 1590 g/mol. The number of benzene rings is 4. The Bertz CT molecular complexity index is 3700. The Balaban J connectivity index is 0.000000274. The first-order chi connectivity index (χ1) is 58.5. The van der Waals surface area contributed by atoms with E-state index in [2.05, 4.69) is 30.9 Å². The van der Waals surface area contributed by atoms with E-state index in [1.54, 1.807) is 58.0 Å². The lowest BCUT2D eigenvalue weighted by molar-refractivity contribution is -0.112. The number of rotatable bonds is 25. The van der Waals surface area contributed by atoms with Crippen molar-refractivity contribution in [2.24, 2.45) is 71.0 Å². The summed E-state index contributed by atoms with van der Waals surface area (Å²) >= 11 is 0. The predicted octanol–water partition coefficient (Wildman–Crippen LogP) is 30.1. The third-order valence-electron chi connectivity index (χ3n) is 27.3. The average Bonchev–Trinajstić information content (AvgIpc) is 0.846. The van der Waals surface area contributed by atoms with Crippen LogP contribution in [0, 0.1) is 118 Å². The van der Waals surface area contributed by atoms with E-state index >= 15 is 0 Å². The second kappa shape index (κ2) is 59.3. The van der Waals surface area contributed by atoms with Crippen LogP contribution in [0.15, 0.2) is 85.5 Å². The summed E-state index contributed by atoms with van der Waals surface area (Å²) in [6.07, 6.45) is 56.5. The Morgan fingerprint density at radius 1 is 0.323 bits per heavy atom. The molecule has 3 heterocycles. The lowest BCUT2D eigenvalue weighted by atomic mass is 9.70. The van der Waals surface area contributed by atoms with Gasteiger partial charge in [0.2, 0.25) is 23.3 Å². The minimum absolute atomic E-state index is 0. The summed E-state index contributed by atoms with van der Waals surface area (Å²) in [5.74, 6) is 1.13. The normalized spacial score (nSPS) is 25.0. The van der Waals surface area contributed by atoms with Crippen LogP contribution in [0.25, 0.3) is 22.3 Å². The van der Waals surface area contributed by atoms with Crippen molar-refractivity contribution in [1.82, 2.24) is 0 Å². The van der Waals surface area contributed by atoms with Gasteiger partial charge in [0.1, 0.15) is 18.9 Å². The van der Waals surface area contributed by atoms with Gasteiger partial charge in [-0.3, -0.25) is 0 Å². The molecule has 3 saturated heterocycles. The number of ether oxygens (including phenoxy) is 7. The number of allylic oxidation sites excluding steroid dienone is 9. The lowest BCUT2D eigenvalue weighted by Gasteiger charge is -2.35. The highest BCUT2D eigenvalue weighted by atomic mass is 19.2. The molecule has 0 amide bonds. The van der Waals surface area contributed by atoms with Crippen LogP contribution in [-0.4, -0.2) is 84.9 Å². The maximum atomic E-state index is 14.5. The van der Waals surface area contributed by atoms with Gasteiger partial charge in [0.05, 0.1) is 26.4 Å². The van der Waals surface area contributed by atoms with Gasteiger partial charge in [-0.15, -0.1) is 6.58 Å². The maximum absolute atomic E-state index is 14.5. The molecule has 4 unspecified atom stereocenters. The Morgan fingerprint density at radius 3 is 0.790 bits per heavy atom. The van der Waals surface area contributed by atoms with Crippen LogP contribution < -0.4 is 18.9 Å². The van der Waals surface area contributed by atoms with E-state index in [1.165, 1.54) is 127 Å². The highest BCUT2D eigenvalue weighted by Crippen LogP contribution is 2.48. The number of carbonyl (C=O) groups is 3. The zero-order chi connectivity index (χ0) is 85.4. The minimum Gasteiger partial charge on any atom is -0.491 e. The molecule has 0 spiro atoms. The molecule has 4 aromatic rings. The van der Waals surface area contributed by atoms with Gasteiger partial charge in [-0.1, -0.05) is 85.8 Å². The summed E-state index contributed by atoms with van der Waals surface area (Å²) in [5.41, 5.74) is 5.21. The van der Waals surface area contributed by atoms with Gasteiger partial charge in [0.25, 0.3) is 0 Å². The van der Waals surface area contributed by atoms with Gasteiger partial charge in [-0.2, -0.15) is 17.6 Å². The van der Waals surface area contributed by atoms with E-state index < -0.39 is 46.5 Å². The van der Waals surface area contributed by atoms with Crippen molar-refractivity contribution in [2.45, 2.75) is 308 Å². The van der Waals surface area contributed by atoms with Crippen molar-refractivity contribution in [3.63, 3.8) is 0 Å². The maximum Gasteiger partial charge on any atom is 0.201 e. The Morgan fingerprint density at radius 2 is 0.581 bits per heavy atom. The second-order valence-electron chi connectivity index (χ2n) is 34.9. The molecule has 696 valence electrons. The van der Waals surface area contributed by atoms with Crippen molar-refractivity contribution in [1.29, 1.82) is 0 Å². The Hall–Kier alpha value is -6.89. The first-order valence-corrected chi connectivity index (χ1v) is 46.4. The van der Waals surface area contributed by atoms with E-state index in [9.17, 15) is 49.5 Å². The molecule has 18 heteroatoms. The number of hydrogen-bond acceptors (Lipinski definition) is 10. The van der Waals surface area contributed by atoms with Gasteiger partial charge in [-0.25, -0.2) is 17.6 Å². The zero-order valence-corrected chi connectivity index (χ0v) is 72.6. The summed E-state index contributed by atoms with van der Waals surface area (Å²) in [5, 5.41) is 0. The first kappa shape index (κ1) is 108. The lowest BCUT2D eigenvalue weighted by Crippen LogP contribution is -2.23. The quantitative estimate of drug-likeness (QED) is 0.0361. The molecule has 15 rings (SSSR count). The van der Waals surface area contributed by atoms with Gasteiger partial charge < -0.3 is 47.5 Å². The van der Waals surface area contributed by atoms with E-state index in [0.717, 1.165) is 227 Å². The SMILES string of the molecule is C.C.C.C.C1CCOC1.C1CCOC1.C1CCOC1.C=CCCC1CCC(C2CC=C(c3ccc(OCC)c(F)c3F)CC2)CC1.CCOc1ccc(C2=CCC(C3CCC(C=O)CC3)CC2)c(F)c1F.CCOc1ccc(C2=CCC(C3CCC(CC=O)CC3)CC2)c(F)c1F.CCOc1ccc(C2=CCC(C3CCC(CCC=O)CC3)CC2)c(F)c1F. The molecule has 11 aliphatic rings. The number of aldehydes is 3. The highest BCUT2D eigenvalue weighted by Gasteiger charge is 2.35. The number of hydrogen-bond donors (Lipinski definition) is 0. The van der Waals surface area contributed by atoms with Crippen LogP contribution in [0.2, 0.25) is 0 Å². The molecule has 124 heavy (non-hydrogen) atoms. The van der Waals surface area contributed by atoms with Gasteiger partial charge in [-0.05, 0) is 376 Å². The molecule has 8 aliphatic carbocycles. The van der Waals surface area contributed by atoms with Crippen molar-refractivity contribution in [3.8, 4) is 23.0 Å². The van der Waals surface area contributed by atoms with E-state index in [4.69, 9.17) is 33.2 Å². The van der Waals surface area contributed by atoms with Crippen molar-refractivity contribution in [3.05, 3.63) is 154 Å². The van der Waals surface area contributed by atoms with Crippen molar-refractivity contribution >= 4 is 41.2 Å². The third kappa shape index (κ3) is 33.0. The van der Waals surface area contributed by atoms with Gasteiger partial charge in [0.15, 0.2) is 46.3 Å². The van der Waals surface area contributed by atoms with E-state index in [0.29, 0.717) is 109 Å². The second-order valence-corrected chi connectivity index (χ2v) is 34.9. The summed E-state index contributed by atoms with van der Waals surface area (Å²) in [4.78, 5) is 32.1. The largest absolute Gasteiger partial charge is 0.491 e. The first-order valence-electron chi connectivity index (χ1n) is 46.4. The molecule has 0 radical (unpaired) electrons. The van der Waals surface area contributed by atoms with Crippen LogP contribution >= 0.6 is 0 Å². The van der Waals surface area contributed by atoms with Crippen LogP contribution in [0.5, 0.6) is 23.0 Å². The predicted molar refractivity (Wildman–Crippen MR) is 492 cm³/mol. The molecule has 0 bridgehead atoms. The highest BCUT2D eigenvalue weighted by molar-refractivity contribution is 5.70. The smallest absolute Gasteiger partial charge is 0.201 e. The zero-order valence-electron chi connectivity index (χ0n) is 72.6. The summed E-state index contributed by atoms with van der Waals surface area (Å²) in [7, 11) is 0. The van der Waals surface area contributed by atoms with Gasteiger partial charge in [0, 0.05) is 80.7 Å². The topological polar surface area (TPSA) is 116 Å². The molecule has 0 N–H and O–H groups in total. The minimum atomic E-state index is -0.894. The fourth-order valence-electron chi connectivity index (χ4n) is 20.2. The fraction of sp³-hybridized carbons (Fsp3) is 0.651.